The third kappa shape index (κ3) is 4.35. The van der Waals surface area contributed by atoms with Crippen LogP contribution in [0.25, 0.3) is 0 Å². The van der Waals surface area contributed by atoms with Crippen molar-refractivity contribution in [3.05, 3.63) is 16.1 Å². The summed E-state index contributed by atoms with van der Waals surface area (Å²) in [6, 6.07) is 0.820. The van der Waals surface area contributed by atoms with E-state index in [-0.39, 0.29) is 0 Å². The number of hydrogen-bond donors (Lipinski definition) is 1. The van der Waals surface area contributed by atoms with Gasteiger partial charge in [-0.15, -0.1) is 11.3 Å². The predicted molar refractivity (Wildman–Crippen MR) is 70.2 cm³/mol. The summed E-state index contributed by atoms with van der Waals surface area (Å²) in [6.45, 7) is 3.30. The molecule has 1 aromatic heterocycles. The Balaban J connectivity index is 1.60. The van der Waals surface area contributed by atoms with Crippen molar-refractivity contribution in [1.82, 2.24) is 15.2 Å². The summed E-state index contributed by atoms with van der Waals surface area (Å²) < 4.78 is 5.64. The van der Waals surface area contributed by atoms with Crippen LogP contribution in [0.2, 0.25) is 0 Å². The highest BCUT2D eigenvalue weighted by Gasteiger charge is 2.25. The van der Waals surface area contributed by atoms with Crippen molar-refractivity contribution in [3.63, 3.8) is 0 Å². The first-order chi connectivity index (χ1) is 8.29. The van der Waals surface area contributed by atoms with Crippen molar-refractivity contribution < 1.29 is 4.74 Å². The predicted octanol–water partition coefficient (Wildman–Crippen LogP) is 1.47. The van der Waals surface area contributed by atoms with Crippen LogP contribution >= 0.6 is 11.3 Å². The van der Waals surface area contributed by atoms with Crippen LogP contribution in [0.4, 0.5) is 0 Å². The second-order valence-electron chi connectivity index (χ2n) is 4.53. The maximum atomic E-state index is 5.64. The molecule has 0 bridgehead atoms. The number of ether oxygens (including phenoxy) is 1. The topological polar surface area (TPSA) is 37.4 Å². The molecule has 96 valence electrons. The molecule has 1 N–H and O–H groups in total. The molecule has 2 rings (SSSR count). The first-order valence-corrected chi connectivity index (χ1v) is 7.03. The highest BCUT2D eigenvalue weighted by atomic mass is 32.1. The fourth-order valence-electron chi connectivity index (χ4n) is 1.73. The van der Waals surface area contributed by atoms with E-state index in [0.29, 0.717) is 6.61 Å². The number of likely N-dealkylation sites (N-methyl/N-ethyl adjacent to an activating group) is 1. The first-order valence-electron chi connectivity index (χ1n) is 6.15. The fourth-order valence-corrected chi connectivity index (χ4v) is 2.52. The number of aromatic nitrogens is 1. The molecule has 5 heteroatoms. The lowest BCUT2D eigenvalue weighted by atomic mass is 10.5. The van der Waals surface area contributed by atoms with Crippen LogP contribution in [0.3, 0.4) is 0 Å². The molecule has 1 fully saturated rings. The summed E-state index contributed by atoms with van der Waals surface area (Å²) in [5.74, 6) is 0. The minimum atomic E-state index is 0.638. The molecule has 0 atom stereocenters. The van der Waals surface area contributed by atoms with Crippen molar-refractivity contribution in [3.8, 4) is 0 Å². The lowest BCUT2D eigenvalue weighted by molar-refractivity contribution is 0.0960. The lowest BCUT2D eigenvalue weighted by Crippen LogP contribution is -2.25. The first kappa shape index (κ1) is 13.0. The SMILES string of the molecule is CNCc1nc(COCCN(C)C2CC2)cs1. The quantitative estimate of drug-likeness (QED) is 0.714. The van der Waals surface area contributed by atoms with E-state index in [1.807, 2.05) is 7.05 Å². The Morgan fingerprint density at radius 1 is 1.59 bits per heavy atom. The van der Waals surface area contributed by atoms with Gasteiger partial charge < -0.3 is 15.0 Å². The molecule has 0 aliphatic heterocycles. The Kier molecular flexibility index (Phi) is 4.91. The van der Waals surface area contributed by atoms with Gasteiger partial charge in [-0.25, -0.2) is 4.98 Å². The third-order valence-corrected chi connectivity index (χ3v) is 3.83. The van der Waals surface area contributed by atoms with Gasteiger partial charge in [-0.05, 0) is 26.9 Å². The summed E-state index contributed by atoms with van der Waals surface area (Å²) in [7, 11) is 4.11. The van der Waals surface area contributed by atoms with Gasteiger partial charge in [-0.2, -0.15) is 0 Å². The monoisotopic (exact) mass is 255 g/mol. The van der Waals surface area contributed by atoms with Gasteiger partial charge >= 0.3 is 0 Å². The minimum absolute atomic E-state index is 0.638. The number of nitrogens with zero attached hydrogens (tertiary/aromatic N) is 2. The van der Waals surface area contributed by atoms with Crippen LogP contribution in [-0.4, -0.2) is 43.2 Å². The summed E-state index contributed by atoms with van der Waals surface area (Å²) >= 11 is 1.69. The standard InChI is InChI=1S/C12H21N3OS/c1-13-7-12-14-10(9-17-12)8-16-6-5-15(2)11-3-4-11/h9,11,13H,3-8H2,1-2H3. The molecule has 4 nitrogen and oxygen atoms in total. The van der Waals surface area contributed by atoms with E-state index >= 15 is 0 Å². The molecule has 17 heavy (non-hydrogen) atoms. The number of rotatable bonds is 8. The normalized spacial score (nSPS) is 15.7. The maximum Gasteiger partial charge on any atom is 0.107 e. The molecule has 0 amide bonds. The Bertz CT molecular complexity index is 338. The van der Waals surface area contributed by atoms with Crippen LogP contribution in [0, 0.1) is 0 Å². The van der Waals surface area contributed by atoms with Gasteiger partial charge in [-0.1, -0.05) is 0 Å². The number of hydrogen-bond acceptors (Lipinski definition) is 5. The van der Waals surface area contributed by atoms with Gasteiger partial charge in [0, 0.05) is 24.5 Å². The van der Waals surface area contributed by atoms with E-state index in [2.05, 4.69) is 27.6 Å². The zero-order chi connectivity index (χ0) is 12.1. The average molecular weight is 255 g/mol. The molecule has 1 aliphatic rings. The Hall–Kier alpha value is -0.490. The van der Waals surface area contributed by atoms with Gasteiger partial charge in [0.15, 0.2) is 0 Å². The van der Waals surface area contributed by atoms with Gasteiger partial charge in [0.1, 0.15) is 5.01 Å². The Morgan fingerprint density at radius 2 is 2.41 bits per heavy atom. The molecule has 0 unspecified atom stereocenters. The molecule has 0 aromatic carbocycles. The minimum Gasteiger partial charge on any atom is -0.374 e. The lowest BCUT2D eigenvalue weighted by Gasteiger charge is -2.14. The smallest absolute Gasteiger partial charge is 0.107 e. The van der Waals surface area contributed by atoms with Gasteiger partial charge in [0.25, 0.3) is 0 Å². The molecule has 0 saturated heterocycles. The number of nitrogens with one attached hydrogen (secondary N) is 1. The van der Waals surface area contributed by atoms with E-state index in [9.17, 15) is 0 Å². The molecule has 1 aromatic rings. The summed E-state index contributed by atoms with van der Waals surface area (Å²) in [5, 5.41) is 6.31. The van der Waals surface area contributed by atoms with E-state index in [4.69, 9.17) is 4.74 Å². The second-order valence-corrected chi connectivity index (χ2v) is 5.47. The largest absolute Gasteiger partial charge is 0.374 e. The molecule has 1 saturated carbocycles. The van der Waals surface area contributed by atoms with Crippen LogP contribution in [0.15, 0.2) is 5.38 Å². The van der Waals surface area contributed by atoms with Crippen molar-refractivity contribution in [2.24, 2.45) is 0 Å². The summed E-state index contributed by atoms with van der Waals surface area (Å²) in [4.78, 5) is 6.86. The third-order valence-electron chi connectivity index (χ3n) is 2.94. The summed E-state index contributed by atoms with van der Waals surface area (Å²) in [5.41, 5.74) is 1.05. The average Bonchev–Trinajstić information content (AvgIpc) is 3.08. The van der Waals surface area contributed by atoms with E-state index < -0.39 is 0 Å². The van der Waals surface area contributed by atoms with E-state index in [0.717, 1.165) is 36.4 Å². The highest BCUT2D eigenvalue weighted by molar-refractivity contribution is 7.09. The number of thiazole rings is 1. The van der Waals surface area contributed by atoms with E-state index in [1.54, 1.807) is 11.3 Å². The molecular weight excluding hydrogens is 234 g/mol. The van der Waals surface area contributed by atoms with E-state index in [1.165, 1.54) is 12.8 Å². The van der Waals surface area contributed by atoms with Gasteiger partial charge in [0.05, 0.1) is 18.9 Å². The summed E-state index contributed by atoms with van der Waals surface area (Å²) in [6.07, 6.45) is 2.71. The molecule has 0 radical (unpaired) electrons. The van der Waals surface area contributed by atoms with Crippen molar-refractivity contribution in [2.45, 2.75) is 32.0 Å². The van der Waals surface area contributed by atoms with Crippen molar-refractivity contribution in [1.29, 1.82) is 0 Å². The van der Waals surface area contributed by atoms with Crippen LogP contribution < -0.4 is 5.32 Å². The van der Waals surface area contributed by atoms with Crippen LogP contribution in [-0.2, 0) is 17.9 Å². The highest BCUT2D eigenvalue weighted by Crippen LogP contribution is 2.24. The van der Waals surface area contributed by atoms with Gasteiger partial charge in [-0.3, -0.25) is 0 Å². The second kappa shape index (κ2) is 6.44. The zero-order valence-electron chi connectivity index (χ0n) is 10.6. The van der Waals surface area contributed by atoms with Crippen molar-refractivity contribution in [2.75, 3.05) is 27.2 Å². The molecular formula is C12H21N3OS. The van der Waals surface area contributed by atoms with Crippen molar-refractivity contribution >= 4 is 11.3 Å². The fraction of sp³-hybridized carbons (Fsp3) is 0.750. The maximum absolute atomic E-state index is 5.64. The molecule has 1 aliphatic carbocycles. The van der Waals surface area contributed by atoms with Crippen LogP contribution in [0.5, 0.6) is 0 Å². The Morgan fingerprint density at radius 3 is 3.12 bits per heavy atom. The zero-order valence-corrected chi connectivity index (χ0v) is 11.4. The Labute approximate surface area is 107 Å². The molecule has 1 heterocycles. The molecule has 0 spiro atoms. The van der Waals surface area contributed by atoms with Gasteiger partial charge in [0.2, 0.25) is 0 Å². The van der Waals surface area contributed by atoms with Crippen LogP contribution in [0.1, 0.15) is 23.5 Å².